The maximum absolute atomic E-state index is 12.9. The minimum Gasteiger partial charge on any atom is -0.496 e. The maximum atomic E-state index is 12.9. The molecule has 0 bridgehead atoms. The Morgan fingerprint density at radius 1 is 1.23 bits per heavy atom. The first-order chi connectivity index (χ1) is 10.4. The molecule has 0 aliphatic carbocycles. The van der Waals surface area contributed by atoms with Crippen molar-refractivity contribution in [1.82, 2.24) is 10.3 Å². The van der Waals surface area contributed by atoms with E-state index in [1.54, 1.807) is 24.5 Å². The smallest absolute Gasteiger partial charge is 0.419 e. The molecule has 1 heterocycles. The molecule has 22 heavy (non-hydrogen) atoms. The molecule has 4 nitrogen and oxygen atoms in total. The molecule has 1 amide bonds. The molecule has 1 aromatic carbocycles. The van der Waals surface area contributed by atoms with Gasteiger partial charge < -0.3 is 10.1 Å². The fourth-order valence-corrected chi connectivity index (χ4v) is 1.86. The van der Waals surface area contributed by atoms with Gasteiger partial charge in [0.2, 0.25) is 0 Å². The highest BCUT2D eigenvalue weighted by molar-refractivity contribution is 5.94. The summed E-state index contributed by atoms with van der Waals surface area (Å²) in [5.41, 5.74) is -0.262. The van der Waals surface area contributed by atoms with Crippen LogP contribution >= 0.6 is 0 Å². The number of benzene rings is 1. The second-order valence-corrected chi connectivity index (χ2v) is 4.45. The Morgan fingerprint density at radius 3 is 2.50 bits per heavy atom. The number of alkyl halides is 3. The normalized spacial score (nSPS) is 11.1. The summed E-state index contributed by atoms with van der Waals surface area (Å²) >= 11 is 0. The highest BCUT2D eigenvalue weighted by atomic mass is 19.4. The Bertz CT molecular complexity index is 658. The lowest BCUT2D eigenvalue weighted by molar-refractivity contribution is -0.138. The summed E-state index contributed by atoms with van der Waals surface area (Å²) in [7, 11) is 1.15. The standard InChI is InChI=1S/C15H13F3N2O2/c1-22-13-3-2-11(8-12(13)15(16,17)18)14(21)20-9-10-4-6-19-7-5-10/h2-8H,9H2,1H3,(H,20,21). The van der Waals surface area contributed by atoms with Crippen molar-refractivity contribution in [1.29, 1.82) is 0 Å². The van der Waals surface area contributed by atoms with E-state index in [2.05, 4.69) is 15.0 Å². The van der Waals surface area contributed by atoms with E-state index in [9.17, 15) is 18.0 Å². The van der Waals surface area contributed by atoms with Crippen molar-refractivity contribution in [2.75, 3.05) is 7.11 Å². The van der Waals surface area contributed by atoms with Crippen molar-refractivity contribution in [3.05, 3.63) is 59.4 Å². The molecule has 1 N–H and O–H groups in total. The van der Waals surface area contributed by atoms with Crippen molar-refractivity contribution in [2.24, 2.45) is 0 Å². The third kappa shape index (κ3) is 3.75. The number of carbonyl (C=O) groups excluding carboxylic acids is 1. The van der Waals surface area contributed by atoms with Crippen LogP contribution in [0.15, 0.2) is 42.7 Å². The molecule has 0 unspecified atom stereocenters. The van der Waals surface area contributed by atoms with Crippen molar-refractivity contribution in [3.63, 3.8) is 0 Å². The topological polar surface area (TPSA) is 51.2 Å². The summed E-state index contributed by atoms with van der Waals surface area (Å²) in [5.74, 6) is -0.914. The molecular weight excluding hydrogens is 297 g/mol. The summed E-state index contributed by atoms with van der Waals surface area (Å²) in [5, 5.41) is 2.56. The van der Waals surface area contributed by atoms with Gasteiger partial charge in [0.1, 0.15) is 5.75 Å². The molecule has 0 spiro atoms. The lowest BCUT2D eigenvalue weighted by Gasteiger charge is -2.13. The van der Waals surface area contributed by atoms with Gasteiger partial charge in [0.05, 0.1) is 12.7 Å². The van der Waals surface area contributed by atoms with Gasteiger partial charge in [0.25, 0.3) is 5.91 Å². The molecular formula is C15H13F3N2O2. The molecule has 0 aliphatic heterocycles. The van der Waals surface area contributed by atoms with Gasteiger partial charge in [-0.3, -0.25) is 9.78 Å². The number of nitrogens with zero attached hydrogens (tertiary/aromatic N) is 1. The Labute approximate surface area is 124 Å². The molecule has 2 rings (SSSR count). The van der Waals surface area contributed by atoms with Gasteiger partial charge >= 0.3 is 6.18 Å². The molecule has 0 fully saturated rings. The lowest BCUT2D eigenvalue weighted by Crippen LogP contribution is -2.23. The molecule has 2 aromatic rings. The highest BCUT2D eigenvalue weighted by Gasteiger charge is 2.35. The third-order valence-corrected chi connectivity index (χ3v) is 2.97. The van der Waals surface area contributed by atoms with E-state index in [0.29, 0.717) is 0 Å². The molecule has 0 saturated carbocycles. The van der Waals surface area contributed by atoms with E-state index in [1.165, 1.54) is 6.07 Å². The van der Waals surface area contributed by atoms with Crippen molar-refractivity contribution < 1.29 is 22.7 Å². The zero-order chi connectivity index (χ0) is 16.2. The predicted octanol–water partition coefficient (Wildman–Crippen LogP) is 3.04. The fraction of sp³-hybridized carbons (Fsp3) is 0.200. The first-order valence-electron chi connectivity index (χ1n) is 6.34. The van der Waals surface area contributed by atoms with Crippen LogP contribution < -0.4 is 10.1 Å². The second-order valence-electron chi connectivity index (χ2n) is 4.45. The van der Waals surface area contributed by atoms with Gasteiger partial charge in [-0.1, -0.05) is 0 Å². The lowest BCUT2D eigenvalue weighted by atomic mass is 10.1. The molecule has 0 atom stereocenters. The summed E-state index contributed by atoms with van der Waals surface area (Å²) in [6.07, 6.45) is -1.46. The second kappa shape index (κ2) is 6.46. The minimum atomic E-state index is -4.59. The number of rotatable bonds is 4. The number of methoxy groups -OCH3 is 1. The Kier molecular flexibility index (Phi) is 4.65. The van der Waals surface area contributed by atoms with Crippen LogP contribution in [0, 0.1) is 0 Å². The number of carbonyl (C=O) groups is 1. The molecule has 116 valence electrons. The molecule has 1 aromatic heterocycles. The van der Waals surface area contributed by atoms with E-state index in [0.717, 1.165) is 24.8 Å². The molecule has 0 aliphatic rings. The predicted molar refractivity (Wildman–Crippen MR) is 73.4 cm³/mol. The average Bonchev–Trinajstić information content (AvgIpc) is 2.52. The summed E-state index contributed by atoms with van der Waals surface area (Å²) in [4.78, 5) is 15.8. The van der Waals surface area contributed by atoms with Gasteiger partial charge in [0, 0.05) is 24.5 Å². The first-order valence-corrected chi connectivity index (χ1v) is 6.34. The number of nitrogens with one attached hydrogen (secondary N) is 1. The number of amides is 1. The third-order valence-electron chi connectivity index (χ3n) is 2.97. The first kappa shape index (κ1) is 15.8. The Hall–Kier alpha value is -2.57. The summed E-state index contributed by atoms with van der Waals surface area (Å²) in [6.45, 7) is 0.203. The number of aromatic nitrogens is 1. The number of hydrogen-bond donors (Lipinski definition) is 1. The summed E-state index contributed by atoms with van der Waals surface area (Å²) < 4.78 is 43.4. The fourth-order valence-electron chi connectivity index (χ4n) is 1.86. The zero-order valence-corrected chi connectivity index (χ0v) is 11.6. The Balaban J connectivity index is 2.16. The summed E-state index contributed by atoms with van der Waals surface area (Å²) in [6, 6.07) is 6.60. The maximum Gasteiger partial charge on any atom is 0.419 e. The van der Waals surface area contributed by atoms with Crippen LogP contribution in [0.1, 0.15) is 21.5 Å². The van der Waals surface area contributed by atoms with Crippen molar-refractivity contribution >= 4 is 5.91 Å². The van der Waals surface area contributed by atoms with Crippen LogP contribution in [0.4, 0.5) is 13.2 Å². The van der Waals surface area contributed by atoms with E-state index < -0.39 is 17.6 Å². The molecule has 0 saturated heterocycles. The van der Waals surface area contributed by atoms with Crippen LogP contribution in [0.3, 0.4) is 0 Å². The minimum absolute atomic E-state index is 0.0813. The van der Waals surface area contributed by atoms with Crippen molar-refractivity contribution in [3.8, 4) is 5.75 Å². The van der Waals surface area contributed by atoms with E-state index >= 15 is 0 Å². The van der Waals surface area contributed by atoms with E-state index in [4.69, 9.17) is 0 Å². The number of halogens is 3. The Morgan fingerprint density at radius 2 is 1.91 bits per heavy atom. The largest absolute Gasteiger partial charge is 0.496 e. The van der Waals surface area contributed by atoms with E-state index in [-0.39, 0.29) is 17.9 Å². The number of hydrogen-bond acceptors (Lipinski definition) is 3. The van der Waals surface area contributed by atoms with Gasteiger partial charge in [-0.15, -0.1) is 0 Å². The van der Waals surface area contributed by atoms with Crippen LogP contribution in [0.25, 0.3) is 0 Å². The van der Waals surface area contributed by atoms with Crippen LogP contribution in [0.5, 0.6) is 5.75 Å². The number of pyridine rings is 1. The van der Waals surface area contributed by atoms with Crippen LogP contribution in [-0.4, -0.2) is 18.0 Å². The SMILES string of the molecule is COc1ccc(C(=O)NCc2ccncc2)cc1C(F)(F)F. The van der Waals surface area contributed by atoms with Gasteiger partial charge in [-0.2, -0.15) is 13.2 Å². The van der Waals surface area contributed by atoms with Crippen LogP contribution in [-0.2, 0) is 12.7 Å². The quantitative estimate of drug-likeness (QED) is 0.944. The van der Waals surface area contributed by atoms with E-state index in [1.807, 2.05) is 0 Å². The van der Waals surface area contributed by atoms with Gasteiger partial charge in [-0.05, 0) is 35.9 Å². The molecule has 0 radical (unpaired) electrons. The highest BCUT2D eigenvalue weighted by Crippen LogP contribution is 2.36. The van der Waals surface area contributed by atoms with Crippen molar-refractivity contribution in [2.45, 2.75) is 12.7 Å². The zero-order valence-electron chi connectivity index (χ0n) is 11.6. The molecule has 7 heteroatoms. The van der Waals surface area contributed by atoms with Gasteiger partial charge in [-0.25, -0.2) is 0 Å². The monoisotopic (exact) mass is 310 g/mol. The average molecular weight is 310 g/mol. The van der Waals surface area contributed by atoms with Gasteiger partial charge in [0.15, 0.2) is 0 Å². The number of ether oxygens (including phenoxy) is 1. The van der Waals surface area contributed by atoms with Crippen LogP contribution in [0.2, 0.25) is 0 Å².